The van der Waals surface area contributed by atoms with Crippen molar-refractivity contribution in [1.29, 1.82) is 0 Å². The van der Waals surface area contributed by atoms with Gasteiger partial charge in [-0.1, -0.05) is 31.1 Å². The zero-order valence-corrected chi connectivity index (χ0v) is 24.5. The third kappa shape index (κ3) is 13.0. The van der Waals surface area contributed by atoms with Crippen LogP contribution in [0.15, 0.2) is 69.2 Å². The Kier molecular flexibility index (Phi) is 18.3. The molecule has 0 aromatic heterocycles. The number of nitrogens with one attached hydrogen (secondary N) is 2. The minimum atomic E-state index is 0.456. The molecule has 1 unspecified atom stereocenters. The van der Waals surface area contributed by atoms with Gasteiger partial charge in [0.05, 0.1) is 19.6 Å². The van der Waals surface area contributed by atoms with Crippen LogP contribution in [0, 0.1) is 12.3 Å². The van der Waals surface area contributed by atoms with E-state index in [1.165, 1.54) is 11.7 Å². The summed E-state index contributed by atoms with van der Waals surface area (Å²) in [6.07, 6.45) is 13.4. The molecule has 208 valence electrons. The molecular formula is C29H43N4O4P. The van der Waals surface area contributed by atoms with E-state index < -0.39 is 0 Å². The fraction of sp³-hybridized carbons (Fsp3) is 0.448. The fourth-order valence-corrected chi connectivity index (χ4v) is 3.27. The molecule has 0 spiro atoms. The lowest BCUT2D eigenvalue weighted by atomic mass is 10.1. The third-order valence-corrected chi connectivity index (χ3v) is 5.05. The average Bonchev–Trinajstić information content (AvgIpc) is 3.22. The molecule has 1 aliphatic heterocycles. The lowest BCUT2D eigenvalue weighted by Gasteiger charge is -2.14. The van der Waals surface area contributed by atoms with E-state index in [0.717, 1.165) is 35.0 Å². The molecule has 2 N–H and O–H groups in total. The Hall–Kier alpha value is -2.95. The van der Waals surface area contributed by atoms with Crippen LogP contribution in [0.25, 0.3) is 0 Å². The number of benzene rings is 1. The van der Waals surface area contributed by atoms with E-state index >= 15 is 0 Å². The minimum absolute atomic E-state index is 0.456. The SMILES string of the molecule is C#Cc1cccc(CNC)c1.CCP.CN=C1CC2=CCC(OCCOC)=C(OCCOC)C=C2NC=N1. The second-order valence-corrected chi connectivity index (χ2v) is 8.78. The van der Waals surface area contributed by atoms with Gasteiger partial charge in [-0.25, -0.2) is 4.99 Å². The van der Waals surface area contributed by atoms with Crippen molar-refractivity contribution in [3.63, 3.8) is 0 Å². The Bertz CT molecular complexity index is 1030. The second-order valence-electron chi connectivity index (χ2n) is 7.96. The molecule has 3 rings (SSSR count). The van der Waals surface area contributed by atoms with Gasteiger partial charge in [0.15, 0.2) is 5.76 Å². The van der Waals surface area contributed by atoms with Crippen LogP contribution in [0.5, 0.6) is 0 Å². The number of aliphatic imine (C=N–C) groups is 2. The maximum absolute atomic E-state index is 5.85. The van der Waals surface area contributed by atoms with E-state index in [0.29, 0.717) is 45.0 Å². The first-order valence-electron chi connectivity index (χ1n) is 12.6. The van der Waals surface area contributed by atoms with Crippen molar-refractivity contribution in [2.24, 2.45) is 9.98 Å². The van der Waals surface area contributed by atoms with Crippen molar-refractivity contribution in [2.45, 2.75) is 26.3 Å². The number of amidine groups is 1. The predicted molar refractivity (Wildman–Crippen MR) is 160 cm³/mol. The predicted octanol–water partition coefficient (Wildman–Crippen LogP) is 4.06. The van der Waals surface area contributed by atoms with E-state index in [2.05, 4.69) is 54.8 Å². The van der Waals surface area contributed by atoms with Gasteiger partial charge in [0.2, 0.25) is 0 Å². The maximum atomic E-state index is 5.85. The van der Waals surface area contributed by atoms with E-state index in [4.69, 9.17) is 25.4 Å². The summed E-state index contributed by atoms with van der Waals surface area (Å²) in [4.78, 5) is 8.47. The molecule has 1 atom stereocenters. The number of methoxy groups -OCH3 is 2. The first-order valence-corrected chi connectivity index (χ1v) is 13.4. The molecule has 1 aliphatic carbocycles. The van der Waals surface area contributed by atoms with E-state index in [9.17, 15) is 0 Å². The van der Waals surface area contributed by atoms with Gasteiger partial charge in [-0.2, -0.15) is 0 Å². The number of hydrogen-bond donors (Lipinski definition) is 2. The third-order valence-electron chi connectivity index (χ3n) is 5.05. The van der Waals surface area contributed by atoms with Crippen LogP contribution in [0.3, 0.4) is 0 Å². The maximum Gasteiger partial charge on any atom is 0.159 e. The molecule has 0 saturated carbocycles. The van der Waals surface area contributed by atoms with Crippen LogP contribution < -0.4 is 10.6 Å². The summed E-state index contributed by atoms with van der Waals surface area (Å²) in [7, 11) is 9.54. The Labute approximate surface area is 230 Å². The topological polar surface area (TPSA) is 85.7 Å². The van der Waals surface area contributed by atoms with Crippen molar-refractivity contribution in [3.8, 4) is 12.3 Å². The van der Waals surface area contributed by atoms with Crippen LogP contribution in [0.1, 0.15) is 30.9 Å². The van der Waals surface area contributed by atoms with Crippen LogP contribution in [-0.2, 0) is 25.5 Å². The summed E-state index contributed by atoms with van der Waals surface area (Å²) < 4.78 is 21.8. The first-order chi connectivity index (χ1) is 18.6. The highest BCUT2D eigenvalue weighted by molar-refractivity contribution is 7.16. The van der Waals surface area contributed by atoms with E-state index in [-0.39, 0.29) is 0 Å². The number of hydrogen-bond acceptors (Lipinski definition) is 7. The standard InChI is InChI=1S/C17H25N3O4.C10H11N.C2H7P/c1-18-17-10-13-4-5-15(23-8-6-21-2)16(24-9-7-22-3)11-14(13)19-12-20-17;1-3-9-5-4-6-10(7-9)8-11-2;1-2-3/h4,11-12H,5-10H2,1-3H3,(H,18,19,20);1,4-7,11H,8H2,2H3;2-3H2,1H3. The van der Waals surface area contributed by atoms with Gasteiger partial charge in [0, 0.05) is 58.0 Å². The molecule has 0 amide bonds. The van der Waals surface area contributed by atoms with Gasteiger partial charge in [0.1, 0.15) is 24.8 Å². The quantitative estimate of drug-likeness (QED) is 0.264. The molecule has 8 nitrogen and oxygen atoms in total. The number of rotatable bonds is 10. The van der Waals surface area contributed by atoms with Gasteiger partial charge < -0.3 is 29.6 Å². The van der Waals surface area contributed by atoms with Crippen LogP contribution in [0.4, 0.5) is 0 Å². The lowest BCUT2D eigenvalue weighted by molar-refractivity contribution is 0.0830. The molecule has 0 bridgehead atoms. The molecule has 0 radical (unpaired) electrons. The zero-order valence-electron chi connectivity index (χ0n) is 23.4. The van der Waals surface area contributed by atoms with Crippen LogP contribution in [0.2, 0.25) is 0 Å². The van der Waals surface area contributed by atoms with Crippen molar-refractivity contribution >= 4 is 21.4 Å². The summed E-state index contributed by atoms with van der Waals surface area (Å²) in [6, 6.07) is 7.97. The van der Waals surface area contributed by atoms with Crippen molar-refractivity contribution in [1.82, 2.24) is 10.6 Å². The number of ether oxygens (including phenoxy) is 4. The summed E-state index contributed by atoms with van der Waals surface area (Å²) in [6.45, 7) is 4.93. The zero-order chi connectivity index (χ0) is 28.0. The molecule has 9 heteroatoms. The Balaban J connectivity index is 0.000000428. The van der Waals surface area contributed by atoms with Crippen molar-refractivity contribution < 1.29 is 18.9 Å². The molecule has 0 saturated heterocycles. The number of nitrogens with zero attached hydrogens (tertiary/aromatic N) is 2. The minimum Gasteiger partial charge on any atom is -0.491 e. The molecule has 2 aliphatic rings. The van der Waals surface area contributed by atoms with Crippen LogP contribution >= 0.6 is 9.24 Å². The average molecular weight is 543 g/mol. The van der Waals surface area contributed by atoms with Crippen molar-refractivity contribution in [2.75, 3.05) is 60.9 Å². The lowest BCUT2D eigenvalue weighted by Crippen LogP contribution is -2.12. The Morgan fingerprint density at radius 3 is 2.50 bits per heavy atom. The molecule has 1 aromatic carbocycles. The second kappa shape index (κ2) is 21.0. The molecular weight excluding hydrogens is 499 g/mol. The molecule has 38 heavy (non-hydrogen) atoms. The monoisotopic (exact) mass is 542 g/mol. The van der Waals surface area contributed by atoms with E-state index in [1.54, 1.807) is 27.6 Å². The Morgan fingerprint density at radius 2 is 1.87 bits per heavy atom. The van der Waals surface area contributed by atoms with Gasteiger partial charge in [-0.05, 0) is 36.5 Å². The first kappa shape index (κ1) is 33.1. The number of terminal acetylenes is 1. The Morgan fingerprint density at radius 1 is 1.16 bits per heavy atom. The van der Waals surface area contributed by atoms with Gasteiger partial charge in [-0.15, -0.1) is 15.7 Å². The highest BCUT2D eigenvalue weighted by atomic mass is 31.0. The largest absolute Gasteiger partial charge is 0.491 e. The van der Waals surface area contributed by atoms with E-state index in [1.807, 2.05) is 31.3 Å². The van der Waals surface area contributed by atoms with Crippen LogP contribution in [-0.4, -0.2) is 73.1 Å². The number of fused-ring (bicyclic) bond motifs is 1. The normalized spacial score (nSPS) is 15.1. The van der Waals surface area contributed by atoms with Gasteiger partial charge >= 0.3 is 0 Å². The number of allylic oxidation sites excluding steroid dienone is 3. The van der Waals surface area contributed by atoms with Gasteiger partial charge in [0.25, 0.3) is 0 Å². The highest BCUT2D eigenvalue weighted by Gasteiger charge is 2.18. The fourth-order valence-electron chi connectivity index (χ4n) is 3.27. The smallest absolute Gasteiger partial charge is 0.159 e. The summed E-state index contributed by atoms with van der Waals surface area (Å²) in [5.74, 6) is 4.86. The van der Waals surface area contributed by atoms with Gasteiger partial charge in [-0.3, -0.25) is 4.99 Å². The molecule has 1 heterocycles. The highest BCUT2D eigenvalue weighted by Crippen LogP contribution is 2.26. The molecule has 1 aromatic rings. The molecule has 0 fully saturated rings. The van der Waals surface area contributed by atoms with Crippen molar-refractivity contribution in [3.05, 3.63) is 70.3 Å². The summed E-state index contributed by atoms with van der Waals surface area (Å²) >= 11 is 0. The summed E-state index contributed by atoms with van der Waals surface area (Å²) in [5.41, 5.74) is 4.22. The summed E-state index contributed by atoms with van der Waals surface area (Å²) in [5, 5.41) is 6.26.